The number of aliphatic imine (C=N–C) groups is 1. The van der Waals surface area contributed by atoms with Crippen LogP contribution < -0.4 is 5.32 Å². The number of anilines is 1. The Bertz CT molecular complexity index is 1080. The molecular weight excluding hydrogens is 423 g/mol. The third kappa shape index (κ3) is 3.84. The molecule has 0 amide bonds. The summed E-state index contributed by atoms with van der Waals surface area (Å²) in [6, 6.07) is 10.2. The van der Waals surface area contributed by atoms with Crippen LogP contribution in [0.1, 0.15) is 42.6 Å². The van der Waals surface area contributed by atoms with Gasteiger partial charge in [-0.05, 0) is 42.2 Å². The minimum absolute atomic E-state index is 0.120. The smallest absolute Gasteiger partial charge is 0.337 e. The van der Waals surface area contributed by atoms with E-state index in [0.29, 0.717) is 39.0 Å². The van der Waals surface area contributed by atoms with Gasteiger partial charge in [-0.3, -0.25) is 4.79 Å². The number of hydrogen-bond donors (Lipinski definition) is 1. The minimum atomic E-state index is -0.453. The molecule has 0 spiro atoms. The van der Waals surface area contributed by atoms with Crippen LogP contribution in [0.5, 0.6) is 0 Å². The zero-order valence-electron chi connectivity index (χ0n) is 17.0. The number of halogens is 2. The van der Waals surface area contributed by atoms with Crippen LogP contribution in [0, 0.1) is 11.3 Å². The molecule has 2 unspecified atom stereocenters. The van der Waals surface area contributed by atoms with Gasteiger partial charge in [0.1, 0.15) is 5.78 Å². The monoisotopic (exact) mass is 444 g/mol. The molecule has 4 rings (SSSR count). The van der Waals surface area contributed by atoms with Gasteiger partial charge in [0.15, 0.2) is 0 Å². The van der Waals surface area contributed by atoms with Gasteiger partial charge in [0, 0.05) is 23.0 Å². The normalized spacial score (nSPS) is 22.2. The average molecular weight is 445 g/mol. The summed E-state index contributed by atoms with van der Waals surface area (Å²) < 4.78 is 4.84. The van der Waals surface area contributed by atoms with Crippen molar-refractivity contribution in [1.29, 1.82) is 0 Å². The number of esters is 1. The molecule has 1 heterocycles. The van der Waals surface area contributed by atoms with Crippen LogP contribution in [0.2, 0.25) is 10.0 Å². The predicted molar refractivity (Wildman–Crippen MR) is 119 cm³/mol. The summed E-state index contributed by atoms with van der Waals surface area (Å²) >= 11 is 12.6. The van der Waals surface area contributed by atoms with E-state index in [1.54, 1.807) is 36.4 Å². The Balaban J connectivity index is 1.92. The van der Waals surface area contributed by atoms with Crippen molar-refractivity contribution in [1.82, 2.24) is 0 Å². The molecule has 0 aromatic heterocycles. The molecule has 0 saturated heterocycles. The van der Waals surface area contributed by atoms with E-state index in [-0.39, 0.29) is 17.2 Å². The van der Waals surface area contributed by atoms with Crippen LogP contribution in [0.4, 0.5) is 11.4 Å². The van der Waals surface area contributed by atoms with Crippen molar-refractivity contribution in [2.45, 2.75) is 32.7 Å². The zero-order chi connectivity index (χ0) is 21.6. The first-order valence-electron chi connectivity index (χ1n) is 9.74. The molecule has 7 heteroatoms. The van der Waals surface area contributed by atoms with Crippen molar-refractivity contribution in [3.63, 3.8) is 0 Å². The first kappa shape index (κ1) is 20.9. The van der Waals surface area contributed by atoms with E-state index in [2.05, 4.69) is 19.2 Å². The molecule has 5 nitrogen and oxygen atoms in total. The van der Waals surface area contributed by atoms with Crippen molar-refractivity contribution >= 4 is 52.0 Å². The van der Waals surface area contributed by atoms with Crippen molar-refractivity contribution in [2.75, 3.05) is 12.4 Å². The number of Topliss-reactive ketones (excluding diaryl/α,β-unsaturated/α-hetero) is 1. The van der Waals surface area contributed by atoms with E-state index < -0.39 is 11.9 Å². The Morgan fingerprint density at radius 3 is 2.67 bits per heavy atom. The predicted octanol–water partition coefficient (Wildman–Crippen LogP) is 5.70. The van der Waals surface area contributed by atoms with Crippen LogP contribution >= 0.6 is 23.2 Å². The number of ether oxygens (including phenoxy) is 1. The Labute approximate surface area is 185 Å². The second-order valence-electron chi connectivity index (χ2n) is 8.58. The highest BCUT2D eigenvalue weighted by Crippen LogP contribution is 2.43. The van der Waals surface area contributed by atoms with Gasteiger partial charge in [-0.1, -0.05) is 43.1 Å². The van der Waals surface area contributed by atoms with Gasteiger partial charge in [-0.15, -0.1) is 0 Å². The second kappa shape index (κ2) is 7.71. The number of benzene rings is 2. The van der Waals surface area contributed by atoms with Gasteiger partial charge in [0.2, 0.25) is 0 Å². The SMILES string of the molecule is COC(=O)c1ccc2c(c1)N=C(c1ccc(Cl)cc1Cl)C1C(=O)CC(C)(C)CC1N2. The van der Waals surface area contributed by atoms with E-state index in [0.717, 1.165) is 12.1 Å². The topological polar surface area (TPSA) is 67.8 Å². The van der Waals surface area contributed by atoms with E-state index in [1.165, 1.54) is 7.11 Å². The maximum Gasteiger partial charge on any atom is 0.337 e. The summed E-state index contributed by atoms with van der Waals surface area (Å²) in [5.41, 5.74) is 2.86. The fourth-order valence-electron chi connectivity index (χ4n) is 4.38. The molecule has 1 fully saturated rings. The minimum Gasteiger partial charge on any atom is -0.465 e. The summed E-state index contributed by atoms with van der Waals surface area (Å²) in [5, 5.41) is 4.45. The number of rotatable bonds is 2. The Hall–Kier alpha value is -2.37. The first-order valence-corrected chi connectivity index (χ1v) is 10.5. The Morgan fingerprint density at radius 1 is 1.20 bits per heavy atom. The molecule has 1 saturated carbocycles. The van der Waals surface area contributed by atoms with Gasteiger partial charge in [0.25, 0.3) is 0 Å². The van der Waals surface area contributed by atoms with Crippen molar-refractivity contribution < 1.29 is 14.3 Å². The number of nitrogens with one attached hydrogen (secondary N) is 1. The highest BCUT2D eigenvalue weighted by Gasteiger charge is 2.45. The summed E-state index contributed by atoms with van der Waals surface area (Å²) in [5.74, 6) is -0.780. The standard InChI is InChI=1S/C23H22Cl2N2O3/c1-23(2)10-18-20(19(28)11-23)21(14-6-5-13(24)9-15(14)25)27-17-8-12(22(29)30-3)4-7-16(17)26-18/h4-9,18,20,26H,10-11H2,1-3H3. The van der Waals surface area contributed by atoms with Crippen LogP contribution in [0.25, 0.3) is 0 Å². The third-order valence-electron chi connectivity index (χ3n) is 5.68. The molecule has 2 aromatic carbocycles. The molecule has 0 radical (unpaired) electrons. The number of methoxy groups -OCH3 is 1. The molecular formula is C23H22Cl2N2O3. The quantitative estimate of drug-likeness (QED) is 0.603. The number of nitrogens with zero attached hydrogens (tertiary/aromatic N) is 1. The average Bonchev–Trinajstić information content (AvgIpc) is 2.82. The Morgan fingerprint density at radius 2 is 1.97 bits per heavy atom. The van der Waals surface area contributed by atoms with E-state index in [1.807, 2.05) is 0 Å². The van der Waals surface area contributed by atoms with Crippen molar-refractivity contribution in [2.24, 2.45) is 16.3 Å². The number of carbonyl (C=O) groups excluding carboxylic acids is 2. The van der Waals surface area contributed by atoms with Crippen LogP contribution in [-0.4, -0.2) is 30.6 Å². The van der Waals surface area contributed by atoms with Crippen LogP contribution in [-0.2, 0) is 9.53 Å². The highest BCUT2D eigenvalue weighted by atomic mass is 35.5. The lowest BCUT2D eigenvalue weighted by Gasteiger charge is -2.40. The van der Waals surface area contributed by atoms with Crippen LogP contribution in [0.3, 0.4) is 0 Å². The zero-order valence-corrected chi connectivity index (χ0v) is 18.5. The molecule has 1 aliphatic carbocycles. The first-order chi connectivity index (χ1) is 14.2. The molecule has 0 bridgehead atoms. The number of ketones is 1. The van der Waals surface area contributed by atoms with Crippen LogP contribution in [0.15, 0.2) is 41.4 Å². The molecule has 1 aliphatic heterocycles. The molecule has 2 atom stereocenters. The van der Waals surface area contributed by atoms with Gasteiger partial charge >= 0.3 is 5.97 Å². The number of fused-ring (bicyclic) bond motifs is 2. The molecule has 156 valence electrons. The largest absolute Gasteiger partial charge is 0.465 e. The molecule has 2 aromatic rings. The van der Waals surface area contributed by atoms with Crippen molar-refractivity contribution in [3.8, 4) is 0 Å². The summed E-state index contributed by atoms with van der Waals surface area (Å²) in [6.45, 7) is 4.20. The third-order valence-corrected chi connectivity index (χ3v) is 6.22. The fourth-order valence-corrected chi connectivity index (χ4v) is 4.89. The molecule has 1 N–H and O–H groups in total. The fraction of sp³-hybridized carbons (Fsp3) is 0.348. The lowest BCUT2D eigenvalue weighted by Crippen LogP contribution is -2.48. The van der Waals surface area contributed by atoms with Gasteiger partial charge in [-0.2, -0.15) is 0 Å². The van der Waals surface area contributed by atoms with E-state index in [9.17, 15) is 9.59 Å². The number of carbonyl (C=O) groups is 2. The molecule has 2 aliphatic rings. The summed E-state index contributed by atoms with van der Waals surface area (Å²) in [4.78, 5) is 30.2. The van der Waals surface area contributed by atoms with E-state index in [4.69, 9.17) is 32.9 Å². The summed E-state index contributed by atoms with van der Waals surface area (Å²) in [7, 11) is 1.34. The highest BCUT2D eigenvalue weighted by molar-refractivity contribution is 6.37. The summed E-state index contributed by atoms with van der Waals surface area (Å²) in [6.07, 6.45) is 1.26. The maximum absolute atomic E-state index is 13.3. The Kier molecular flexibility index (Phi) is 5.37. The van der Waals surface area contributed by atoms with Gasteiger partial charge < -0.3 is 10.1 Å². The van der Waals surface area contributed by atoms with E-state index >= 15 is 0 Å². The van der Waals surface area contributed by atoms with Crippen molar-refractivity contribution in [3.05, 3.63) is 57.6 Å². The second-order valence-corrected chi connectivity index (χ2v) is 9.43. The van der Waals surface area contributed by atoms with Gasteiger partial charge in [-0.25, -0.2) is 9.79 Å². The molecule has 30 heavy (non-hydrogen) atoms. The van der Waals surface area contributed by atoms with Gasteiger partial charge in [0.05, 0.1) is 40.7 Å². The number of hydrogen-bond acceptors (Lipinski definition) is 5. The maximum atomic E-state index is 13.3. The lowest BCUT2D eigenvalue weighted by atomic mass is 9.67. The lowest BCUT2D eigenvalue weighted by molar-refractivity contribution is -0.125.